The first-order valence-corrected chi connectivity index (χ1v) is 31.7. The third kappa shape index (κ3) is 19.0. The average molecular weight is 1190 g/mol. The van der Waals surface area contributed by atoms with Crippen LogP contribution in [0.1, 0.15) is 195 Å². The Balaban J connectivity index is 0.000000206. The second kappa shape index (κ2) is 28.1. The van der Waals surface area contributed by atoms with E-state index in [0.29, 0.717) is 86.6 Å². The Morgan fingerprint density at radius 1 is 0.593 bits per heavy atom. The van der Waals surface area contributed by atoms with E-state index < -0.39 is 68.2 Å². The average Bonchev–Trinajstić information content (AvgIpc) is 4.32. The third-order valence-corrected chi connectivity index (χ3v) is 16.0. The minimum atomic E-state index is -5.05. The lowest BCUT2D eigenvalue weighted by Crippen LogP contribution is -2.50. The van der Waals surface area contributed by atoms with Crippen LogP contribution in [0.3, 0.4) is 0 Å². The number of hydroxylamine groups is 4. The molecule has 6 amide bonds. The molecule has 2 aromatic rings. The number of ether oxygens (including phenoxy) is 2. The van der Waals surface area contributed by atoms with E-state index in [9.17, 15) is 40.6 Å². The highest BCUT2D eigenvalue weighted by atomic mass is 32.3. The summed E-state index contributed by atoms with van der Waals surface area (Å²) in [5.74, 6) is 1.63. The van der Waals surface area contributed by atoms with Crippen LogP contribution >= 0.6 is 0 Å². The SMILES string of the molecule is CC(C)(C)OC(=O)N1CCC(Cc2nnc([C@@H]3CC[C@@H]4CN3C(=O)N4OS(=O)(=O)O)o2)C1.CC(C)(C)OC(=O)N1CCC(Cc2nnc([C@@H]3CC[C@@H]4CN3C(=O)N4OS(=O)(=O)[O-])o2)C1.CCCC[N+](CCCC)(CCCC)CCCC. The third-order valence-electron chi connectivity index (χ3n) is 15.3. The van der Waals surface area contributed by atoms with E-state index >= 15 is 0 Å². The molecule has 1 N–H and O–H groups in total. The van der Waals surface area contributed by atoms with Gasteiger partial charge in [0.25, 0.3) is 0 Å². The summed E-state index contributed by atoms with van der Waals surface area (Å²) in [6.07, 6.45) is 14.7. The number of hydrogen-bond donors (Lipinski definition) is 1. The summed E-state index contributed by atoms with van der Waals surface area (Å²) in [4.78, 5) is 55.6. The largest absolute Gasteiger partial charge is 0.724 e. The number of amides is 6. The van der Waals surface area contributed by atoms with Gasteiger partial charge in [-0.1, -0.05) is 53.4 Å². The first kappa shape index (κ1) is 65.2. The number of aromatic nitrogens is 4. The van der Waals surface area contributed by atoms with E-state index in [0.717, 1.165) is 12.8 Å². The normalized spacial score (nSPS) is 23.2. The monoisotopic (exact) mass is 1190 g/mol. The highest BCUT2D eigenvalue weighted by Gasteiger charge is 2.50. The van der Waals surface area contributed by atoms with Gasteiger partial charge in [0, 0.05) is 52.1 Å². The minimum Gasteiger partial charge on any atom is -0.724 e. The van der Waals surface area contributed by atoms with Crippen molar-refractivity contribution in [3.05, 3.63) is 23.6 Å². The molecule has 0 radical (unpaired) electrons. The summed E-state index contributed by atoms with van der Waals surface area (Å²) < 4.78 is 96.3. The Morgan fingerprint density at radius 3 is 1.30 bits per heavy atom. The molecule has 6 aliphatic heterocycles. The zero-order valence-corrected chi connectivity index (χ0v) is 50.8. The standard InChI is InChI=1S/2C18H27N5O8S.C16H36N/c2*1-18(2,3)30-17(25)21-7-6-11(9-21)8-14-19-20-15(29-14)13-5-4-12-10-22(13)16(24)23(12)31-32(26,27)28;1-5-9-13-17(14-10-6-2,15-11-7-3)16-12-8-4/h2*11-13H,4-10H2,1-3H3,(H,26,27,28);5-16H2,1-4H3/q;;+1/p-1/t2*11?,12-,13+;/m11./s1. The van der Waals surface area contributed by atoms with Crippen molar-refractivity contribution in [2.45, 2.75) is 207 Å². The van der Waals surface area contributed by atoms with Crippen molar-refractivity contribution in [3.63, 3.8) is 0 Å². The van der Waals surface area contributed by atoms with Crippen LogP contribution in [0, 0.1) is 11.8 Å². The molecule has 6 atom stereocenters. The van der Waals surface area contributed by atoms with Crippen LogP contribution in [-0.2, 0) is 51.7 Å². The Hall–Kier alpha value is -4.94. The number of carbonyl (C=O) groups is 4. The number of quaternary nitrogens is 1. The Kier molecular flexibility index (Phi) is 22.6. The summed E-state index contributed by atoms with van der Waals surface area (Å²) in [5.41, 5.74) is -1.11. The molecule has 29 heteroatoms. The molecule has 6 saturated heterocycles. The smallest absolute Gasteiger partial charge is 0.418 e. The fourth-order valence-electron chi connectivity index (χ4n) is 11.3. The summed E-state index contributed by atoms with van der Waals surface area (Å²) in [7, 11) is -9.85. The van der Waals surface area contributed by atoms with Gasteiger partial charge < -0.3 is 46.9 Å². The lowest BCUT2D eigenvalue weighted by molar-refractivity contribution is -0.929. The van der Waals surface area contributed by atoms with E-state index in [1.54, 1.807) is 9.80 Å². The number of likely N-dealkylation sites (tertiary alicyclic amines) is 2. The van der Waals surface area contributed by atoms with Crippen molar-refractivity contribution in [1.82, 2.24) is 50.1 Å². The zero-order valence-electron chi connectivity index (χ0n) is 49.2. The number of rotatable bonds is 22. The lowest BCUT2D eigenvalue weighted by Gasteiger charge is -2.39. The molecule has 2 unspecified atom stereocenters. The zero-order chi connectivity index (χ0) is 59.5. The van der Waals surface area contributed by atoms with Crippen molar-refractivity contribution >= 4 is 45.0 Å². The molecule has 8 heterocycles. The van der Waals surface area contributed by atoms with Crippen molar-refractivity contribution < 1.29 is 76.5 Å². The van der Waals surface area contributed by atoms with Gasteiger partial charge in [-0.2, -0.15) is 22.8 Å². The fraction of sp³-hybridized carbons (Fsp3) is 0.846. The second-order valence-corrected chi connectivity index (χ2v) is 26.3. The van der Waals surface area contributed by atoms with Crippen molar-refractivity contribution in [2.75, 3.05) is 65.4 Å². The van der Waals surface area contributed by atoms with Crippen LogP contribution in [0.15, 0.2) is 8.83 Å². The van der Waals surface area contributed by atoms with Gasteiger partial charge in [0.2, 0.25) is 34.0 Å². The molecule has 27 nitrogen and oxygen atoms in total. The van der Waals surface area contributed by atoms with E-state index in [4.69, 9.17) is 22.9 Å². The maximum atomic E-state index is 12.5. The quantitative estimate of drug-likeness (QED) is 0.0669. The molecule has 8 rings (SSSR count). The van der Waals surface area contributed by atoms with Gasteiger partial charge >= 0.3 is 34.6 Å². The van der Waals surface area contributed by atoms with Crippen LogP contribution in [-0.4, -0.2) is 194 Å². The van der Waals surface area contributed by atoms with E-state index in [1.807, 2.05) is 41.5 Å². The fourth-order valence-corrected chi connectivity index (χ4v) is 12.0. The molecular formula is C52H89N11O16S2. The molecule has 0 spiro atoms. The van der Waals surface area contributed by atoms with E-state index in [1.165, 1.54) is 91.8 Å². The Bertz CT molecular complexity index is 2430. The summed E-state index contributed by atoms with van der Waals surface area (Å²) >= 11 is 0. The number of piperidine rings is 2. The first-order valence-electron chi connectivity index (χ1n) is 29.0. The predicted octanol–water partition coefficient (Wildman–Crippen LogP) is 7.75. The number of urea groups is 2. The van der Waals surface area contributed by atoms with Gasteiger partial charge in [0.05, 0.1) is 38.3 Å². The number of nitrogens with zero attached hydrogens (tertiary/aromatic N) is 11. The molecule has 0 aliphatic carbocycles. The van der Waals surface area contributed by atoms with E-state index in [2.05, 4.69) is 56.7 Å². The van der Waals surface area contributed by atoms with Crippen molar-refractivity contribution in [3.8, 4) is 0 Å². The van der Waals surface area contributed by atoms with Crippen molar-refractivity contribution in [1.29, 1.82) is 0 Å². The Morgan fingerprint density at radius 2 is 0.963 bits per heavy atom. The minimum absolute atomic E-state index is 0.145. The maximum absolute atomic E-state index is 12.5. The number of carbonyl (C=O) groups excluding carboxylic acids is 4. The second-order valence-electron chi connectivity index (χ2n) is 24.3. The molecule has 4 bridgehead atoms. The molecule has 6 fully saturated rings. The van der Waals surface area contributed by atoms with Gasteiger partial charge in [0.1, 0.15) is 23.3 Å². The lowest BCUT2D eigenvalue weighted by atomic mass is 10.0. The molecule has 81 heavy (non-hydrogen) atoms. The molecule has 2 aromatic heterocycles. The van der Waals surface area contributed by atoms with Crippen LogP contribution in [0.5, 0.6) is 0 Å². The molecule has 0 aromatic carbocycles. The predicted molar refractivity (Wildman–Crippen MR) is 290 cm³/mol. The number of unbranched alkanes of at least 4 members (excludes halogenated alkanes) is 4. The van der Waals surface area contributed by atoms with Crippen LogP contribution in [0.2, 0.25) is 0 Å². The highest BCUT2D eigenvalue weighted by Crippen LogP contribution is 2.40. The topological polar surface area (TPSA) is 314 Å². The van der Waals surface area contributed by atoms with Gasteiger partial charge in [-0.05, 0) is 118 Å². The molecule has 0 saturated carbocycles. The number of fused-ring (bicyclic) bond motifs is 4. The molecule has 6 aliphatic rings. The maximum Gasteiger partial charge on any atom is 0.418 e. The highest BCUT2D eigenvalue weighted by molar-refractivity contribution is 7.81. The molecular weight excluding hydrogens is 1100 g/mol. The van der Waals surface area contributed by atoms with Crippen LogP contribution in [0.4, 0.5) is 19.2 Å². The van der Waals surface area contributed by atoms with Crippen molar-refractivity contribution in [2.24, 2.45) is 11.8 Å². The summed E-state index contributed by atoms with van der Waals surface area (Å²) in [6.45, 7) is 28.6. The van der Waals surface area contributed by atoms with Gasteiger partial charge in [0.15, 0.2) is 0 Å². The van der Waals surface area contributed by atoms with Gasteiger partial charge in [-0.25, -0.2) is 27.6 Å². The van der Waals surface area contributed by atoms with Crippen LogP contribution < -0.4 is 0 Å². The Labute approximate surface area is 478 Å². The summed E-state index contributed by atoms with van der Waals surface area (Å²) in [6, 6.07) is -3.44. The van der Waals surface area contributed by atoms with Gasteiger partial charge in [-0.15, -0.1) is 24.7 Å². The first-order chi connectivity index (χ1) is 38.0. The van der Waals surface area contributed by atoms with E-state index in [-0.39, 0.29) is 48.9 Å². The molecule has 460 valence electrons. The van der Waals surface area contributed by atoms with Gasteiger partial charge in [-0.3, -0.25) is 4.55 Å². The summed E-state index contributed by atoms with van der Waals surface area (Å²) in [5, 5.41) is 17.7. The number of hydrogen-bond acceptors (Lipinski definition) is 19. The van der Waals surface area contributed by atoms with Crippen LogP contribution in [0.25, 0.3) is 0 Å².